The lowest BCUT2D eigenvalue weighted by Gasteiger charge is -2.24. The van der Waals surface area contributed by atoms with E-state index in [9.17, 15) is 4.79 Å². The van der Waals surface area contributed by atoms with Crippen LogP contribution in [0.1, 0.15) is 12.0 Å². The average Bonchev–Trinajstić information content (AvgIpc) is 2.46. The molecule has 0 spiro atoms. The third kappa shape index (κ3) is 3.05. The van der Waals surface area contributed by atoms with Crippen LogP contribution in [0.25, 0.3) is 0 Å². The van der Waals surface area contributed by atoms with Gasteiger partial charge in [-0.2, -0.15) is 0 Å². The molecule has 3 rings (SSSR count). The van der Waals surface area contributed by atoms with E-state index in [4.69, 9.17) is 9.47 Å². The molecule has 5 nitrogen and oxygen atoms in total. The second-order valence-electron chi connectivity index (χ2n) is 4.93. The Kier molecular flexibility index (Phi) is 3.66. The summed E-state index contributed by atoms with van der Waals surface area (Å²) in [6, 6.07) is 6.40. The van der Waals surface area contributed by atoms with E-state index in [0.29, 0.717) is 6.04 Å². The molecule has 2 aliphatic rings. The lowest BCUT2D eigenvalue weighted by molar-refractivity contribution is -0.118. The molecule has 0 saturated carbocycles. The number of morpholine rings is 1. The van der Waals surface area contributed by atoms with Crippen molar-refractivity contribution in [3.63, 3.8) is 0 Å². The highest BCUT2D eigenvalue weighted by Gasteiger charge is 2.17. The maximum Gasteiger partial charge on any atom is 0.262 e. The zero-order chi connectivity index (χ0) is 13.1. The maximum absolute atomic E-state index is 11.3. The van der Waals surface area contributed by atoms with Gasteiger partial charge in [0.1, 0.15) is 5.75 Å². The number of amides is 1. The zero-order valence-corrected chi connectivity index (χ0v) is 10.8. The summed E-state index contributed by atoms with van der Waals surface area (Å²) in [5.74, 6) is 0.662. The lowest BCUT2D eigenvalue weighted by atomic mass is 10.0. The summed E-state index contributed by atoms with van der Waals surface area (Å²) in [4.78, 5) is 11.3. The van der Waals surface area contributed by atoms with E-state index >= 15 is 0 Å². The van der Waals surface area contributed by atoms with Crippen LogP contribution in [0.15, 0.2) is 18.2 Å². The number of benzene rings is 1. The van der Waals surface area contributed by atoms with Gasteiger partial charge in [-0.25, -0.2) is 0 Å². The van der Waals surface area contributed by atoms with Gasteiger partial charge in [-0.3, -0.25) is 4.79 Å². The van der Waals surface area contributed by atoms with Gasteiger partial charge >= 0.3 is 0 Å². The highest BCUT2D eigenvalue weighted by molar-refractivity contribution is 5.95. The van der Waals surface area contributed by atoms with E-state index in [1.54, 1.807) is 0 Å². The van der Waals surface area contributed by atoms with Gasteiger partial charge in [0.2, 0.25) is 0 Å². The van der Waals surface area contributed by atoms with E-state index < -0.39 is 0 Å². The Morgan fingerprint density at radius 1 is 1.37 bits per heavy atom. The van der Waals surface area contributed by atoms with Crippen molar-refractivity contribution in [1.82, 2.24) is 5.32 Å². The van der Waals surface area contributed by atoms with Crippen LogP contribution < -0.4 is 15.4 Å². The van der Waals surface area contributed by atoms with E-state index in [1.165, 1.54) is 5.56 Å². The molecule has 0 aliphatic carbocycles. The smallest absolute Gasteiger partial charge is 0.262 e. The molecule has 5 heteroatoms. The van der Waals surface area contributed by atoms with Gasteiger partial charge in [0.05, 0.1) is 18.9 Å². The SMILES string of the molecule is O=C1COc2ccc(CCC3COCCN3)cc2N1. The van der Waals surface area contributed by atoms with Crippen molar-refractivity contribution in [3.05, 3.63) is 23.8 Å². The number of hydrogen-bond donors (Lipinski definition) is 2. The molecule has 19 heavy (non-hydrogen) atoms. The number of carbonyl (C=O) groups is 1. The van der Waals surface area contributed by atoms with Gasteiger partial charge in [0.25, 0.3) is 5.91 Å². The number of fused-ring (bicyclic) bond motifs is 1. The second kappa shape index (κ2) is 5.59. The van der Waals surface area contributed by atoms with Crippen LogP contribution in [0, 0.1) is 0 Å². The topological polar surface area (TPSA) is 59.6 Å². The van der Waals surface area contributed by atoms with Crippen LogP contribution in [-0.4, -0.2) is 38.3 Å². The number of rotatable bonds is 3. The maximum atomic E-state index is 11.3. The Balaban J connectivity index is 1.61. The second-order valence-corrected chi connectivity index (χ2v) is 4.93. The molecule has 1 amide bonds. The average molecular weight is 262 g/mol. The minimum atomic E-state index is -0.0907. The standard InChI is InChI=1S/C14H18N2O3/c17-14-9-19-13-4-2-10(7-12(13)16-14)1-3-11-8-18-6-5-15-11/h2,4,7,11,15H,1,3,5-6,8-9H2,(H,16,17). The third-order valence-electron chi connectivity index (χ3n) is 3.46. The molecule has 1 unspecified atom stereocenters. The molecular formula is C14H18N2O3. The Bertz CT molecular complexity index is 470. The van der Waals surface area contributed by atoms with E-state index in [-0.39, 0.29) is 12.5 Å². The van der Waals surface area contributed by atoms with Gasteiger partial charge in [-0.15, -0.1) is 0 Å². The Hall–Kier alpha value is -1.59. The first-order valence-electron chi connectivity index (χ1n) is 6.68. The van der Waals surface area contributed by atoms with Gasteiger partial charge in [-0.05, 0) is 30.5 Å². The molecule has 1 fully saturated rings. The number of hydrogen-bond acceptors (Lipinski definition) is 4. The number of ether oxygens (including phenoxy) is 2. The first-order chi connectivity index (χ1) is 9.31. The predicted molar refractivity (Wildman–Crippen MR) is 71.5 cm³/mol. The summed E-state index contributed by atoms with van der Waals surface area (Å²) in [7, 11) is 0. The Labute approximate surface area is 112 Å². The van der Waals surface area contributed by atoms with E-state index in [0.717, 1.165) is 44.0 Å². The van der Waals surface area contributed by atoms with Crippen molar-refractivity contribution in [2.24, 2.45) is 0 Å². The summed E-state index contributed by atoms with van der Waals surface area (Å²) in [5.41, 5.74) is 1.98. The molecular weight excluding hydrogens is 244 g/mol. The molecule has 1 atom stereocenters. The molecule has 102 valence electrons. The fourth-order valence-electron chi connectivity index (χ4n) is 2.43. The Morgan fingerprint density at radius 2 is 2.32 bits per heavy atom. The third-order valence-corrected chi connectivity index (χ3v) is 3.46. The lowest BCUT2D eigenvalue weighted by Crippen LogP contribution is -2.41. The molecule has 0 aromatic heterocycles. The summed E-state index contributed by atoms with van der Waals surface area (Å²) in [6.07, 6.45) is 2.00. The fraction of sp³-hybridized carbons (Fsp3) is 0.500. The van der Waals surface area contributed by atoms with Crippen LogP contribution >= 0.6 is 0 Å². The first kappa shape index (κ1) is 12.4. The zero-order valence-electron chi connectivity index (χ0n) is 10.8. The quantitative estimate of drug-likeness (QED) is 0.851. The van der Waals surface area contributed by atoms with Crippen molar-refractivity contribution >= 4 is 11.6 Å². The molecule has 2 heterocycles. The predicted octanol–water partition coefficient (Wildman–Crippen LogP) is 0.938. The normalized spacial score (nSPS) is 22.3. The molecule has 0 radical (unpaired) electrons. The molecule has 1 saturated heterocycles. The summed E-state index contributed by atoms with van der Waals surface area (Å²) >= 11 is 0. The van der Waals surface area contributed by atoms with Crippen LogP contribution in [0.2, 0.25) is 0 Å². The summed E-state index contributed by atoms with van der Waals surface area (Å²) in [5, 5.41) is 6.27. The molecule has 1 aromatic rings. The number of carbonyl (C=O) groups excluding carboxylic acids is 1. The minimum Gasteiger partial charge on any atom is -0.482 e. The fourth-order valence-corrected chi connectivity index (χ4v) is 2.43. The number of anilines is 1. The number of nitrogens with one attached hydrogen (secondary N) is 2. The van der Waals surface area contributed by atoms with Gasteiger partial charge in [0, 0.05) is 12.6 Å². The van der Waals surface area contributed by atoms with E-state index in [1.807, 2.05) is 12.1 Å². The highest BCUT2D eigenvalue weighted by Crippen LogP contribution is 2.28. The van der Waals surface area contributed by atoms with Crippen molar-refractivity contribution in [1.29, 1.82) is 0 Å². The van der Waals surface area contributed by atoms with Crippen molar-refractivity contribution in [2.75, 3.05) is 31.7 Å². The number of aryl methyl sites for hydroxylation is 1. The molecule has 1 aromatic carbocycles. The summed E-state index contributed by atoms with van der Waals surface area (Å²) < 4.78 is 10.8. The van der Waals surface area contributed by atoms with Crippen LogP contribution in [0.5, 0.6) is 5.75 Å². The van der Waals surface area contributed by atoms with Crippen molar-refractivity contribution < 1.29 is 14.3 Å². The first-order valence-corrected chi connectivity index (χ1v) is 6.68. The van der Waals surface area contributed by atoms with Gasteiger partial charge < -0.3 is 20.1 Å². The van der Waals surface area contributed by atoms with Crippen LogP contribution in [-0.2, 0) is 16.0 Å². The Morgan fingerprint density at radius 3 is 3.16 bits per heavy atom. The molecule has 0 bridgehead atoms. The highest BCUT2D eigenvalue weighted by atomic mass is 16.5. The molecule has 2 aliphatic heterocycles. The molecule has 2 N–H and O–H groups in total. The van der Waals surface area contributed by atoms with Crippen molar-refractivity contribution in [2.45, 2.75) is 18.9 Å². The van der Waals surface area contributed by atoms with Gasteiger partial charge in [0.15, 0.2) is 6.61 Å². The summed E-state index contributed by atoms with van der Waals surface area (Å²) in [6.45, 7) is 2.62. The minimum absolute atomic E-state index is 0.0907. The van der Waals surface area contributed by atoms with Crippen LogP contribution in [0.3, 0.4) is 0 Å². The van der Waals surface area contributed by atoms with Crippen LogP contribution in [0.4, 0.5) is 5.69 Å². The van der Waals surface area contributed by atoms with Gasteiger partial charge in [-0.1, -0.05) is 6.07 Å². The van der Waals surface area contributed by atoms with E-state index in [2.05, 4.69) is 16.7 Å². The van der Waals surface area contributed by atoms with Crippen molar-refractivity contribution in [3.8, 4) is 5.75 Å². The monoisotopic (exact) mass is 262 g/mol. The largest absolute Gasteiger partial charge is 0.482 e.